The van der Waals surface area contributed by atoms with E-state index in [1.165, 1.54) is 33.4 Å². The van der Waals surface area contributed by atoms with Crippen LogP contribution in [0.2, 0.25) is 0 Å². The van der Waals surface area contributed by atoms with Crippen molar-refractivity contribution in [2.75, 3.05) is 27.7 Å². The Labute approximate surface area is 344 Å². The number of likely N-dealkylation sites (N-methyl/N-ethyl adjacent to an activating group) is 1. The Kier molecular flexibility index (Phi) is 14.1. The van der Waals surface area contributed by atoms with Crippen molar-refractivity contribution in [1.82, 2.24) is 20.5 Å². The number of aromatic nitrogens is 1. The van der Waals surface area contributed by atoms with Crippen molar-refractivity contribution in [3.63, 3.8) is 0 Å². The van der Waals surface area contributed by atoms with Gasteiger partial charge in [0.05, 0.1) is 36.5 Å². The fraction of sp³-hybridized carbons (Fsp3) is 0.667. The summed E-state index contributed by atoms with van der Waals surface area (Å²) in [6, 6.07) is 3.78. The minimum atomic E-state index is -3.28. The molecule has 16 nitrogen and oxygen atoms in total. The summed E-state index contributed by atoms with van der Waals surface area (Å²) in [6.45, 7) is 10.2. The van der Waals surface area contributed by atoms with Crippen LogP contribution >= 0.6 is 0 Å². The van der Waals surface area contributed by atoms with E-state index in [0.717, 1.165) is 6.92 Å². The van der Waals surface area contributed by atoms with Gasteiger partial charge in [0, 0.05) is 61.8 Å². The lowest BCUT2D eigenvalue weighted by molar-refractivity contribution is -0.295. The number of hydrogen-bond donors (Lipinski definition) is 3. The number of esters is 1. The molecule has 4 unspecified atom stereocenters. The molecule has 0 aromatic carbocycles. The fourth-order valence-corrected chi connectivity index (χ4v) is 8.80. The van der Waals surface area contributed by atoms with Crippen molar-refractivity contribution in [2.45, 2.75) is 134 Å². The molecule has 2 aromatic rings. The lowest BCUT2D eigenvalue weighted by Crippen LogP contribution is -2.61. The van der Waals surface area contributed by atoms with E-state index in [-0.39, 0.29) is 43.7 Å². The standard InChI is InChI=1S/C42H59FN4O12/c1-22-19-40(5,54-10)36(58-37-33(50)28(47(8)9)16-23(2)56-37)25(4)35(51)41(6,43)38(52)57-30(42(7)34(24(3)32(22)49)46-39(53)59-42)13-14-45-31(48)18-26-17-27(21-44-20-26)29-12-11-15-55-29/h11-12,15,17,20-25,28,30,33-34,36-37,50H,13-14,16,18-19H2,1-10H3,(H,45,48)(H,46,53)/t22-,23?,24+,25+,28?,30-,33?,34-,36-,37?,40-,41+,42-/m1/s1. The van der Waals surface area contributed by atoms with Crippen molar-refractivity contribution in [1.29, 1.82) is 0 Å². The highest BCUT2D eigenvalue weighted by atomic mass is 19.1. The molecule has 0 bridgehead atoms. The summed E-state index contributed by atoms with van der Waals surface area (Å²) in [5.41, 5.74) is -5.26. The third kappa shape index (κ3) is 9.70. The molecule has 3 aliphatic rings. The topological polar surface area (TPSA) is 205 Å². The van der Waals surface area contributed by atoms with E-state index < -0.39 is 89.0 Å². The van der Waals surface area contributed by atoms with E-state index in [0.29, 0.717) is 23.3 Å². The lowest BCUT2D eigenvalue weighted by atomic mass is 9.73. The Balaban J connectivity index is 1.45. The molecule has 3 N–H and O–H groups in total. The number of fused-ring (bicyclic) bond motifs is 1. The van der Waals surface area contributed by atoms with Crippen molar-refractivity contribution >= 4 is 29.5 Å². The summed E-state index contributed by atoms with van der Waals surface area (Å²) in [4.78, 5) is 74.8. The molecule has 2 amide bonds. The Morgan fingerprint density at radius 1 is 1.10 bits per heavy atom. The number of cyclic esters (lactones) is 1. The quantitative estimate of drug-likeness (QED) is 0.232. The molecule has 5 rings (SSSR count). The number of Topliss-reactive ketones (excluding diaryl/α,β-unsaturated/α-hetero) is 2. The van der Waals surface area contributed by atoms with Gasteiger partial charge >= 0.3 is 12.1 Å². The van der Waals surface area contributed by atoms with Gasteiger partial charge in [-0.1, -0.05) is 20.8 Å². The minimum Gasteiger partial charge on any atom is -0.464 e. The molecule has 0 aliphatic carbocycles. The summed E-state index contributed by atoms with van der Waals surface area (Å²) in [7, 11) is 4.97. The van der Waals surface area contributed by atoms with Gasteiger partial charge in [-0.25, -0.2) is 14.0 Å². The largest absolute Gasteiger partial charge is 0.464 e. The molecule has 13 atom stereocenters. The monoisotopic (exact) mass is 830 g/mol. The van der Waals surface area contributed by atoms with E-state index in [4.69, 9.17) is 28.1 Å². The molecule has 3 saturated heterocycles. The maximum Gasteiger partial charge on any atom is 0.408 e. The molecule has 326 valence electrons. The zero-order valence-corrected chi connectivity index (χ0v) is 35.5. The van der Waals surface area contributed by atoms with Crippen LogP contribution < -0.4 is 10.6 Å². The molecule has 0 radical (unpaired) electrons. The van der Waals surface area contributed by atoms with E-state index in [9.17, 15) is 29.1 Å². The average molecular weight is 831 g/mol. The normalized spacial score (nSPS) is 37.2. The van der Waals surface area contributed by atoms with E-state index >= 15 is 4.39 Å². The first-order valence-electron chi connectivity index (χ1n) is 20.1. The molecule has 59 heavy (non-hydrogen) atoms. The van der Waals surface area contributed by atoms with Gasteiger partial charge in [0.25, 0.3) is 5.67 Å². The number of carbonyl (C=O) groups excluding carboxylic acids is 5. The lowest BCUT2D eigenvalue weighted by Gasteiger charge is -2.47. The Bertz CT molecular complexity index is 1840. The number of alkyl halides is 1. The van der Waals surface area contributed by atoms with Gasteiger partial charge in [-0.2, -0.15) is 0 Å². The number of methoxy groups -OCH3 is 1. The maximum atomic E-state index is 17.0. The number of hydrogen-bond acceptors (Lipinski definition) is 14. The van der Waals surface area contributed by atoms with Crippen molar-refractivity contribution < 1.29 is 61.6 Å². The second-order valence-electron chi connectivity index (χ2n) is 17.1. The number of halogens is 1. The Morgan fingerprint density at radius 2 is 1.81 bits per heavy atom. The number of aliphatic hydroxyl groups is 1. The van der Waals surface area contributed by atoms with Crippen molar-refractivity contribution in [3.05, 3.63) is 42.4 Å². The number of ether oxygens (including phenoxy) is 5. The molecular formula is C42H59FN4O12. The molecule has 0 spiro atoms. The highest BCUT2D eigenvalue weighted by molar-refractivity contribution is 6.08. The highest BCUT2D eigenvalue weighted by Gasteiger charge is 2.59. The number of amides is 2. The maximum absolute atomic E-state index is 17.0. The second kappa shape index (κ2) is 18.1. The van der Waals surface area contributed by atoms with Crippen LogP contribution in [-0.2, 0) is 49.3 Å². The minimum absolute atomic E-state index is 0.0501. The summed E-state index contributed by atoms with van der Waals surface area (Å²) >= 11 is 0. The van der Waals surface area contributed by atoms with Crippen LogP contribution in [0.5, 0.6) is 0 Å². The summed E-state index contributed by atoms with van der Waals surface area (Å²) in [5.74, 6) is -6.12. The third-order valence-corrected chi connectivity index (χ3v) is 12.3. The molecular weight excluding hydrogens is 771 g/mol. The van der Waals surface area contributed by atoms with Crippen LogP contribution in [0.3, 0.4) is 0 Å². The number of nitrogens with one attached hydrogen (secondary N) is 2. The number of alkyl carbamates (subject to hydrolysis) is 1. The zero-order valence-electron chi connectivity index (χ0n) is 35.5. The van der Waals surface area contributed by atoms with Crippen LogP contribution in [0, 0.1) is 17.8 Å². The Hall–Kier alpha value is -4.29. The zero-order chi connectivity index (χ0) is 43.6. The van der Waals surface area contributed by atoms with Crippen LogP contribution in [0.15, 0.2) is 41.3 Å². The van der Waals surface area contributed by atoms with Crippen molar-refractivity contribution in [3.8, 4) is 11.3 Å². The number of aliphatic hydroxyl groups excluding tert-OH is 1. The van der Waals surface area contributed by atoms with Crippen molar-refractivity contribution in [2.24, 2.45) is 17.8 Å². The van der Waals surface area contributed by atoms with Gasteiger partial charge in [0.15, 0.2) is 17.7 Å². The van der Waals surface area contributed by atoms with Crippen LogP contribution in [0.1, 0.15) is 73.3 Å². The number of pyridine rings is 1. The van der Waals surface area contributed by atoms with Gasteiger partial charge in [-0.3, -0.25) is 19.4 Å². The van der Waals surface area contributed by atoms with Gasteiger partial charge in [0.2, 0.25) is 5.91 Å². The number of nitrogens with zero attached hydrogens (tertiary/aromatic N) is 2. The first kappa shape index (κ1) is 45.8. The van der Waals surface area contributed by atoms with E-state index in [1.807, 2.05) is 11.8 Å². The number of ketones is 2. The molecule has 3 aliphatic heterocycles. The first-order chi connectivity index (χ1) is 27.6. The van der Waals surface area contributed by atoms with Gasteiger partial charge in [-0.05, 0) is 78.4 Å². The Morgan fingerprint density at radius 3 is 2.46 bits per heavy atom. The highest BCUT2D eigenvalue weighted by Crippen LogP contribution is 2.41. The summed E-state index contributed by atoms with van der Waals surface area (Å²) < 4.78 is 52.5. The summed E-state index contributed by atoms with van der Waals surface area (Å²) in [5, 5.41) is 16.8. The molecule has 3 fully saturated rings. The molecule has 0 saturated carbocycles. The SMILES string of the molecule is CO[C@]1(C)C[C@@H](C)C(=O)[C@H](C)[C@H]2NC(=O)O[C@]2(C)[C@@H](CCNC(=O)Cc2cncc(-c3ccco3)c2)OC(=O)[C@@](C)(F)C(=O)[C@H](C)[C@H]1OC1OC(C)CC(N(C)C)C1O. The predicted octanol–water partition coefficient (Wildman–Crippen LogP) is 3.56. The average Bonchev–Trinajstić information content (AvgIpc) is 3.84. The van der Waals surface area contributed by atoms with Crippen LogP contribution in [0.25, 0.3) is 11.3 Å². The summed E-state index contributed by atoms with van der Waals surface area (Å²) in [6.07, 6.45) is -1.73. The smallest absolute Gasteiger partial charge is 0.408 e. The van der Waals surface area contributed by atoms with Gasteiger partial charge < -0.3 is 48.7 Å². The van der Waals surface area contributed by atoms with Crippen LogP contribution in [-0.4, -0.2) is 132 Å². The second-order valence-corrected chi connectivity index (χ2v) is 17.1. The van der Waals surface area contributed by atoms with Gasteiger partial charge in [0.1, 0.15) is 23.8 Å². The van der Waals surface area contributed by atoms with Crippen LogP contribution in [0.4, 0.5) is 9.18 Å². The first-order valence-corrected chi connectivity index (χ1v) is 20.1. The number of rotatable bonds is 10. The van der Waals surface area contributed by atoms with Gasteiger partial charge in [-0.15, -0.1) is 0 Å². The van der Waals surface area contributed by atoms with E-state index in [2.05, 4.69) is 15.6 Å². The number of carbonyl (C=O) groups is 5. The fourth-order valence-electron chi connectivity index (χ4n) is 8.80. The van der Waals surface area contributed by atoms with E-state index in [1.54, 1.807) is 59.3 Å². The number of furan rings is 1. The third-order valence-electron chi connectivity index (χ3n) is 12.3. The molecule has 2 aromatic heterocycles. The molecule has 17 heteroatoms. The predicted molar refractivity (Wildman–Crippen MR) is 209 cm³/mol. The molecule has 5 heterocycles.